The molecule has 1 heterocycles. The number of carbonyl (C=O) groups excluding carboxylic acids is 1. The first-order valence-corrected chi connectivity index (χ1v) is 11.0. The van der Waals surface area contributed by atoms with Crippen LogP contribution in [0.4, 0.5) is 0 Å². The van der Waals surface area contributed by atoms with Crippen molar-refractivity contribution in [1.29, 1.82) is 0 Å². The van der Waals surface area contributed by atoms with Crippen LogP contribution in [-0.2, 0) is 10.0 Å². The average Bonchev–Trinajstić information content (AvgIpc) is 2.69. The van der Waals surface area contributed by atoms with E-state index in [1.54, 1.807) is 13.8 Å². The molecule has 2 aromatic carbocycles. The van der Waals surface area contributed by atoms with Crippen molar-refractivity contribution in [3.8, 4) is 5.75 Å². The van der Waals surface area contributed by atoms with Gasteiger partial charge in [0.15, 0.2) is 0 Å². The number of ether oxygens (including phenoxy) is 1. The lowest BCUT2D eigenvalue weighted by atomic mass is 10.00. The predicted octanol–water partition coefficient (Wildman–Crippen LogP) is 3.62. The summed E-state index contributed by atoms with van der Waals surface area (Å²) in [6, 6.07) is 11.5. The van der Waals surface area contributed by atoms with E-state index in [4.69, 9.17) is 16.3 Å². The van der Waals surface area contributed by atoms with E-state index in [1.165, 1.54) is 22.5 Å². The highest BCUT2D eigenvalue weighted by Gasteiger charge is 2.26. The molecule has 1 amide bonds. The molecule has 8 heteroatoms. The fourth-order valence-electron chi connectivity index (χ4n) is 3.28. The van der Waals surface area contributed by atoms with Gasteiger partial charge in [0.2, 0.25) is 10.0 Å². The highest BCUT2D eigenvalue weighted by Crippen LogP contribution is 2.32. The fraction of sp³-hybridized carbons (Fsp3) is 0.350. The van der Waals surface area contributed by atoms with E-state index >= 15 is 0 Å². The molecule has 28 heavy (non-hydrogen) atoms. The van der Waals surface area contributed by atoms with Crippen LogP contribution in [0.2, 0.25) is 5.02 Å². The van der Waals surface area contributed by atoms with Gasteiger partial charge >= 0.3 is 0 Å². The van der Waals surface area contributed by atoms with Gasteiger partial charge in [-0.15, -0.1) is 0 Å². The summed E-state index contributed by atoms with van der Waals surface area (Å²) in [5.41, 5.74) is 1.03. The fourth-order valence-corrected chi connectivity index (χ4v) is 4.97. The molecular formula is C20H23ClN2O4S. The second-order valence-corrected chi connectivity index (χ2v) is 8.78. The van der Waals surface area contributed by atoms with Gasteiger partial charge in [-0.05, 0) is 24.3 Å². The van der Waals surface area contributed by atoms with Crippen molar-refractivity contribution in [1.82, 2.24) is 9.62 Å². The molecule has 1 aliphatic heterocycles. The summed E-state index contributed by atoms with van der Waals surface area (Å²) in [6.07, 6.45) is 0.623. The molecule has 0 fully saturated rings. The molecule has 0 spiro atoms. The van der Waals surface area contributed by atoms with E-state index in [0.717, 1.165) is 11.3 Å². The summed E-state index contributed by atoms with van der Waals surface area (Å²) in [6.45, 7) is 4.73. The number of hydrogen-bond donors (Lipinski definition) is 1. The quantitative estimate of drug-likeness (QED) is 0.771. The summed E-state index contributed by atoms with van der Waals surface area (Å²) in [5.74, 6) is 0.325. The van der Waals surface area contributed by atoms with E-state index in [-0.39, 0.29) is 21.5 Å². The Bertz CT molecular complexity index is 974. The summed E-state index contributed by atoms with van der Waals surface area (Å²) < 4.78 is 32.5. The van der Waals surface area contributed by atoms with Crippen LogP contribution in [-0.4, -0.2) is 38.3 Å². The second-order valence-electron chi connectivity index (χ2n) is 6.43. The lowest BCUT2D eigenvalue weighted by Crippen LogP contribution is -2.33. The molecule has 150 valence electrons. The maximum absolute atomic E-state index is 12.9. The number of hydrogen-bond acceptors (Lipinski definition) is 4. The zero-order valence-electron chi connectivity index (χ0n) is 15.8. The highest BCUT2D eigenvalue weighted by molar-refractivity contribution is 7.89. The van der Waals surface area contributed by atoms with Crippen LogP contribution >= 0.6 is 11.6 Å². The van der Waals surface area contributed by atoms with E-state index < -0.39 is 15.9 Å². The van der Waals surface area contributed by atoms with Crippen molar-refractivity contribution in [3.63, 3.8) is 0 Å². The molecule has 0 saturated heterocycles. The van der Waals surface area contributed by atoms with Crippen LogP contribution in [0.5, 0.6) is 5.75 Å². The number of halogens is 1. The third-order valence-electron chi connectivity index (χ3n) is 4.79. The SMILES string of the molecule is CCN(CC)S(=O)(=O)c1ccc(Cl)c(C(=O)N[C@@H]2CCOc3ccccc32)c1. The Labute approximate surface area is 170 Å². The number of rotatable bonds is 6. The number of nitrogens with zero attached hydrogens (tertiary/aromatic N) is 1. The molecular weight excluding hydrogens is 400 g/mol. The van der Waals surface area contributed by atoms with Gasteiger partial charge in [-0.2, -0.15) is 4.31 Å². The Morgan fingerprint density at radius 1 is 1.21 bits per heavy atom. The monoisotopic (exact) mass is 422 g/mol. The minimum Gasteiger partial charge on any atom is -0.493 e. The van der Waals surface area contributed by atoms with Crippen molar-refractivity contribution in [2.75, 3.05) is 19.7 Å². The average molecular weight is 423 g/mol. The number of benzene rings is 2. The van der Waals surface area contributed by atoms with Crippen LogP contribution in [0.15, 0.2) is 47.4 Å². The molecule has 1 N–H and O–H groups in total. The van der Waals surface area contributed by atoms with Crippen LogP contribution in [0.25, 0.3) is 0 Å². The summed E-state index contributed by atoms with van der Waals surface area (Å²) in [5, 5.41) is 3.16. The Morgan fingerprint density at radius 2 is 1.93 bits per heavy atom. The molecule has 0 aliphatic carbocycles. The molecule has 1 atom stereocenters. The first-order valence-electron chi connectivity index (χ1n) is 9.20. The van der Waals surface area contributed by atoms with Crippen LogP contribution in [0.3, 0.4) is 0 Å². The highest BCUT2D eigenvalue weighted by atomic mass is 35.5. The predicted molar refractivity (Wildman–Crippen MR) is 108 cm³/mol. The van der Waals surface area contributed by atoms with Crippen molar-refractivity contribution < 1.29 is 17.9 Å². The molecule has 2 aromatic rings. The van der Waals surface area contributed by atoms with Gasteiger partial charge in [0, 0.05) is 25.1 Å². The van der Waals surface area contributed by atoms with E-state index in [0.29, 0.717) is 26.1 Å². The molecule has 0 radical (unpaired) electrons. The van der Waals surface area contributed by atoms with Gasteiger partial charge in [0.1, 0.15) is 5.75 Å². The zero-order chi connectivity index (χ0) is 20.3. The molecule has 6 nitrogen and oxygen atoms in total. The second kappa shape index (κ2) is 8.51. The number of carbonyl (C=O) groups is 1. The topological polar surface area (TPSA) is 75.7 Å². The number of fused-ring (bicyclic) bond motifs is 1. The molecule has 0 saturated carbocycles. The largest absolute Gasteiger partial charge is 0.493 e. The van der Waals surface area contributed by atoms with Crippen molar-refractivity contribution in [2.45, 2.75) is 31.2 Å². The Kier molecular flexibility index (Phi) is 6.27. The summed E-state index contributed by atoms with van der Waals surface area (Å²) in [4.78, 5) is 12.9. The molecule has 3 rings (SSSR count). The molecule has 1 aliphatic rings. The standard InChI is InChI=1S/C20H23ClN2O4S/c1-3-23(4-2)28(25,26)14-9-10-17(21)16(13-14)20(24)22-18-11-12-27-19-8-6-5-7-15(18)19/h5-10,13,18H,3-4,11-12H2,1-2H3,(H,22,24)/t18-/m1/s1. The number of amides is 1. The number of sulfonamides is 1. The first kappa shape index (κ1) is 20.6. The summed E-state index contributed by atoms with van der Waals surface area (Å²) in [7, 11) is -3.68. The van der Waals surface area contributed by atoms with E-state index in [2.05, 4.69) is 5.32 Å². The van der Waals surface area contributed by atoms with Crippen molar-refractivity contribution >= 4 is 27.5 Å². The maximum Gasteiger partial charge on any atom is 0.253 e. The van der Waals surface area contributed by atoms with Crippen LogP contribution < -0.4 is 10.1 Å². The van der Waals surface area contributed by atoms with Gasteiger partial charge in [0.05, 0.1) is 28.1 Å². The van der Waals surface area contributed by atoms with Gasteiger partial charge in [0.25, 0.3) is 5.91 Å². The minimum atomic E-state index is -3.68. The van der Waals surface area contributed by atoms with Crippen LogP contribution in [0.1, 0.15) is 42.2 Å². The van der Waals surface area contributed by atoms with Gasteiger partial charge < -0.3 is 10.1 Å². The Morgan fingerprint density at radius 3 is 2.64 bits per heavy atom. The zero-order valence-corrected chi connectivity index (χ0v) is 17.4. The van der Waals surface area contributed by atoms with E-state index in [9.17, 15) is 13.2 Å². The van der Waals surface area contributed by atoms with Gasteiger partial charge in [-0.1, -0.05) is 43.6 Å². The van der Waals surface area contributed by atoms with Gasteiger partial charge in [-0.3, -0.25) is 4.79 Å². The summed E-state index contributed by atoms with van der Waals surface area (Å²) >= 11 is 6.21. The van der Waals surface area contributed by atoms with Crippen LogP contribution in [0, 0.1) is 0 Å². The molecule has 0 unspecified atom stereocenters. The third-order valence-corrected chi connectivity index (χ3v) is 7.16. The van der Waals surface area contributed by atoms with Crippen molar-refractivity contribution in [3.05, 3.63) is 58.6 Å². The number of para-hydroxylation sites is 1. The van der Waals surface area contributed by atoms with Gasteiger partial charge in [-0.25, -0.2) is 8.42 Å². The Hall–Kier alpha value is -2.09. The molecule has 0 bridgehead atoms. The van der Waals surface area contributed by atoms with E-state index in [1.807, 2.05) is 24.3 Å². The molecule has 0 aromatic heterocycles. The minimum absolute atomic E-state index is 0.0538. The van der Waals surface area contributed by atoms with Crippen molar-refractivity contribution in [2.24, 2.45) is 0 Å². The lowest BCUT2D eigenvalue weighted by molar-refractivity contribution is 0.0924. The lowest BCUT2D eigenvalue weighted by Gasteiger charge is -2.27. The third kappa shape index (κ3) is 4.01. The number of nitrogens with one attached hydrogen (secondary N) is 1. The Balaban J connectivity index is 1.89. The first-order chi connectivity index (χ1) is 13.4. The smallest absolute Gasteiger partial charge is 0.253 e. The normalized spacial score (nSPS) is 16.4. The maximum atomic E-state index is 12.9.